The van der Waals surface area contributed by atoms with Crippen LogP contribution >= 0.6 is 0 Å². The first kappa shape index (κ1) is 18.1. The fourth-order valence-electron chi connectivity index (χ4n) is 2.99. The molecule has 1 fully saturated rings. The molecule has 1 heterocycles. The summed E-state index contributed by atoms with van der Waals surface area (Å²) in [6.45, 7) is 4.14. The molecule has 0 spiro atoms. The molecule has 3 rings (SSSR count). The van der Waals surface area contributed by atoms with Crippen LogP contribution < -0.4 is 24.6 Å². The zero-order valence-corrected chi connectivity index (χ0v) is 15.3. The number of carbonyl (C=O) groups is 1. The quantitative estimate of drug-likeness (QED) is 0.812. The average molecular weight is 356 g/mol. The number of piperazine rings is 1. The van der Waals surface area contributed by atoms with Crippen molar-refractivity contribution in [3.8, 4) is 11.5 Å². The van der Waals surface area contributed by atoms with E-state index in [1.165, 1.54) is 4.90 Å². The molecule has 0 saturated carbocycles. The first-order valence-electron chi connectivity index (χ1n) is 8.87. The fraction of sp³-hybridized carbons (Fsp3) is 0.350. The van der Waals surface area contributed by atoms with Crippen molar-refractivity contribution in [3.63, 3.8) is 0 Å². The van der Waals surface area contributed by atoms with Gasteiger partial charge in [-0.1, -0.05) is 12.1 Å². The Morgan fingerprint density at radius 1 is 1.08 bits per heavy atom. The van der Waals surface area contributed by atoms with Gasteiger partial charge >= 0.3 is 0 Å². The molecule has 0 atom stereocenters. The van der Waals surface area contributed by atoms with E-state index in [0.29, 0.717) is 5.75 Å². The lowest BCUT2D eigenvalue weighted by Crippen LogP contribution is -3.12. The fourth-order valence-corrected chi connectivity index (χ4v) is 2.99. The Morgan fingerprint density at radius 3 is 2.42 bits per heavy atom. The third kappa shape index (κ3) is 4.67. The molecule has 2 N–H and O–H groups in total. The van der Waals surface area contributed by atoms with Crippen molar-refractivity contribution < 1.29 is 19.2 Å². The molecule has 1 saturated heterocycles. The van der Waals surface area contributed by atoms with Crippen LogP contribution in [0, 0.1) is 0 Å². The number of carbonyl (C=O) groups excluding carboxylic acids is 1. The lowest BCUT2D eigenvalue weighted by atomic mass is 10.2. The van der Waals surface area contributed by atoms with Crippen LogP contribution in [0.15, 0.2) is 48.5 Å². The molecule has 6 heteroatoms. The minimum absolute atomic E-state index is 0.0342. The molecule has 0 aliphatic carbocycles. The van der Waals surface area contributed by atoms with E-state index >= 15 is 0 Å². The van der Waals surface area contributed by atoms with Gasteiger partial charge in [-0.2, -0.15) is 0 Å². The number of ether oxygens (including phenoxy) is 2. The summed E-state index contributed by atoms with van der Waals surface area (Å²) >= 11 is 0. The van der Waals surface area contributed by atoms with Gasteiger partial charge in [0.1, 0.15) is 11.5 Å². The Balaban J connectivity index is 1.58. The molecule has 1 aliphatic rings. The van der Waals surface area contributed by atoms with Crippen molar-refractivity contribution in [1.29, 1.82) is 0 Å². The minimum atomic E-state index is -0.173. The maximum atomic E-state index is 12.3. The molecule has 0 radical (unpaired) electrons. The summed E-state index contributed by atoms with van der Waals surface area (Å²) < 4.78 is 10.7. The van der Waals surface area contributed by atoms with Crippen molar-refractivity contribution in [2.45, 2.75) is 0 Å². The normalized spacial score (nSPS) is 14.8. The molecule has 26 heavy (non-hydrogen) atoms. The molecular weight excluding hydrogens is 330 g/mol. The van der Waals surface area contributed by atoms with Crippen LogP contribution in [0.5, 0.6) is 11.5 Å². The number of rotatable bonds is 6. The number of benzene rings is 2. The average Bonchev–Trinajstić information content (AvgIpc) is 2.68. The number of amides is 1. The first-order valence-corrected chi connectivity index (χ1v) is 8.87. The number of likely N-dealkylation sites (N-methyl/N-ethyl adjacent to an activating group) is 1. The third-order valence-electron chi connectivity index (χ3n) is 4.57. The zero-order valence-electron chi connectivity index (χ0n) is 15.3. The molecule has 0 aromatic heterocycles. The molecule has 1 amide bonds. The minimum Gasteiger partial charge on any atom is -0.497 e. The van der Waals surface area contributed by atoms with Gasteiger partial charge in [-0.25, -0.2) is 0 Å². The Hall–Kier alpha value is -2.73. The van der Waals surface area contributed by atoms with Crippen molar-refractivity contribution in [3.05, 3.63) is 48.5 Å². The summed E-state index contributed by atoms with van der Waals surface area (Å²) in [6.07, 6.45) is 0. The number of anilines is 2. The highest BCUT2D eigenvalue weighted by Crippen LogP contribution is 2.25. The lowest BCUT2D eigenvalue weighted by Gasteiger charge is -2.33. The molecule has 0 unspecified atom stereocenters. The Labute approximate surface area is 154 Å². The number of hydrogen-bond donors (Lipinski definition) is 2. The maximum absolute atomic E-state index is 12.3. The number of nitrogens with one attached hydrogen (secondary N) is 2. The third-order valence-corrected chi connectivity index (χ3v) is 4.57. The topological polar surface area (TPSA) is 55.2 Å². The van der Waals surface area contributed by atoms with Crippen LogP contribution in [0.25, 0.3) is 0 Å². The maximum Gasteiger partial charge on any atom is 0.262 e. The second kappa shape index (κ2) is 8.58. The van der Waals surface area contributed by atoms with Crippen LogP contribution in [-0.2, 0) is 4.79 Å². The smallest absolute Gasteiger partial charge is 0.262 e. The highest BCUT2D eigenvalue weighted by Gasteiger charge is 2.19. The van der Waals surface area contributed by atoms with Crippen molar-refractivity contribution in [2.24, 2.45) is 0 Å². The molecule has 138 valence electrons. The van der Waals surface area contributed by atoms with Gasteiger partial charge in [0.05, 0.1) is 51.7 Å². The monoisotopic (exact) mass is 356 g/mol. The number of hydrogen-bond acceptors (Lipinski definition) is 4. The van der Waals surface area contributed by atoms with Gasteiger partial charge in [0.25, 0.3) is 5.91 Å². The molecule has 2 aromatic rings. The number of methoxy groups -OCH3 is 1. The SMILES string of the molecule is COc1ccc(OCC(=O)Nc2ccccc2N2CC[NH+](C)CC2)cc1. The summed E-state index contributed by atoms with van der Waals surface area (Å²) in [5.41, 5.74) is 1.90. The summed E-state index contributed by atoms with van der Waals surface area (Å²) in [5, 5.41) is 2.97. The second-order valence-corrected chi connectivity index (χ2v) is 6.47. The largest absolute Gasteiger partial charge is 0.497 e. The predicted molar refractivity (Wildman–Crippen MR) is 102 cm³/mol. The van der Waals surface area contributed by atoms with Crippen LogP contribution in [0.4, 0.5) is 11.4 Å². The highest BCUT2D eigenvalue weighted by atomic mass is 16.5. The second-order valence-electron chi connectivity index (χ2n) is 6.47. The van der Waals surface area contributed by atoms with Crippen LogP contribution in [-0.4, -0.2) is 52.9 Å². The van der Waals surface area contributed by atoms with Crippen molar-refractivity contribution in [1.82, 2.24) is 0 Å². The van der Waals surface area contributed by atoms with E-state index < -0.39 is 0 Å². The standard InChI is InChI=1S/C20H25N3O3/c1-22-11-13-23(14-12-22)19-6-4-3-5-18(19)21-20(24)15-26-17-9-7-16(25-2)8-10-17/h3-10H,11-15H2,1-2H3,(H,21,24)/p+1. The number of para-hydroxylation sites is 2. The van der Waals surface area contributed by atoms with E-state index in [1.54, 1.807) is 31.4 Å². The number of quaternary nitrogens is 1. The van der Waals surface area contributed by atoms with Gasteiger partial charge in [0.2, 0.25) is 0 Å². The van der Waals surface area contributed by atoms with Crippen LogP contribution in [0.3, 0.4) is 0 Å². The van der Waals surface area contributed by atoms with E-state index in [4.69, 9.17) is 9.47 Å². The van der Waals surface area contributed by atoms with Crippen molar-refractivity contribution >= 4 is 17.3 Å². The molecular formula is C20H26N3O3+. The van der Waals surface area contributed by atoms with Gasteiger partial charge in [0.15, 0.2) is 6.61 Å². The number of nitrogens with zero attached hydrogens (tertiary/aromatic N) is 1. The zero-order chi connectivity index (χ0) is 18.4. The van der Waals surface area contributed by atoms with E-state index in [2.05, 4.69) is 23.3 Å². The van der Waals surface area contributed by atoms with Gasteiger partial charge in [-0.05, 0) is 36.4 Å². The van der Waals surface area contributed by atoms with Gasteiger partial charge < -0.3 is 24.6 Å². The summed E-state index contributed by atoms with van der Waals surface area (Å²) in [5.74, 6) is 1.22. The Bertz CT molecular complexity index is 725. The Kier molecular flexibility index (Phi) is 5.96. The Morgan fingerprint density at radius 2 is 1.73 bits per heavy atom. The molecule has 0 bridgehead atoms. The van der Waals surface area contributed by atoms with Gasteiger partial charge in [-0.15, -0.1) is 0 Å². The van der Waals surface area contributed by atoms with E-state index in [-0.39, 0.29) is 12.5 Å². The summed E-state index contributed by atoms with van der Waals surface area (Å²) in [6, 6.07) is 15.1. The molecule has 1 aliphatic heterocycles. The van der Waals surface area contributed by atoms with E-state index in [0.717, 1.165) is 43.3 Å². The predicted octanol–water partition coefficient (Wildman–Crippen LogP) is 1.05. The van der Waals surface area contributed by atoms with Gasteiger partial charge in [-0.3, -0.25) is 4.79 Å². The first-order chi connectivity index (χ1) is 12.7. The molecule has 2 aromatic carbocycles. The van der Waals surface area contributed by atoms with Crippen LogP contribution in [0.1, 0.15) is 0 Å². The van der Waals surface area contributed by atoms with E-state index in [1.807, 2.05) is 18.2 Å². The van der Waals surface area contributed by atoms with Gasteiger partial charge in [0, 0.05) is 0 Å². The lowest BCUT2D eigenvalue weighted by molar-refractivity contribution is -0.880. The highest BCUT2D eigenvalue weighted by molar-refractivity contribution is 5.95. The summed E-state index contributed by atoms with van der Waals surface area (Å²) in [7, 11) is 3.82. The van der Waals surface area contributed by atoms with E-state index in [9.17, 15) is 4.79 Å². The van der Waals surface area contributed by atoms with Crippen molar-refractivity contribution in [2.75, 3.05) is 57.2 Å². The summed E-state index contributed by atoms with van der Waals surface area (Å²) in [4.78, 5) is 16.2. The molecule has 6 nitrogen and oxygen atoms in total. The van der Waals surface area contributed by atoms with Crippen LogP contribution in [0.2, 0.25) is 0 Å².